The van der Waals surface area contributed by atoms with Gasteiger partial charge in [-0.05, 0) is 36.8 Å². The van der Waals surface area contributed by atoms with Gasteiger partial charge in [0.05, 0.1) is 0 Å². The Kier molecular flexibility index (Phi) is 6.89. The van der Waals surface area contributed by atoms with Gasteiger partial charge in [-0.1, -0.05) is 41.9 Å². The quantitative estimate of drug-likeness (QED) is 0.885. The summed E-state index contributed by atoms with van der Waals surface area (Å²) < 4.78 is 5.67. The maximum absolute atomic E-state index is 11.5. The minimum absolute atomic E-state index is 0.258. The van der Waals surface area contributed by atoms with E-state index in [0.29, 0.717) is 10.8 Å². The fraction of sp³-hybridized carbons (Fsp3) is 0.235. The van der Waals surface area contributed by atoms with Gasteiger partial charge in [0.15, 0.2) is 0 Å². The Morgan fingerprint density at radius 2 is 1.64 bits per heavy atom. The third-order valence-electron chi connectivity index (χ3n) is 2.99. The predicted molar refractivity (Wildman–Crippen MR) is 86.4 cm³/mol. The third kappa shape index (κ3) is 5.06. The molecule has 0 radical (unpaired) electrons. The van der Waals surface area contributed by atoms with Crippen LogP contribution in [0.2, 0.25) is 5.02 Å². The Labute approximate surface area is 134 Å². The molecule has 2 aromatic rings. The van der Waals surface area contributed by atoms with Gasteiger partial charge in [0, 0.05) is 18.6 Å². The second-order valence-electron chi connectivity index (χ2n) is 4.75. The predicted octanol–water partition coefficient (Wildman–Crippen LogP) is 3.41. The van der Waals surface area contributed by atoms with Crippen LogP contribution in [0, 0.1) is 0 Å². The molecule has 118 valence electrons. The average Bonchev–Trinajstić information content (AvgIpc) is 2.52. The molecular weight excluding hydrogens is 304 g/mol. The molecule has 2 aromatic carbocycles. The Morgan fingerprint density at radius 3 is 2.14 bits per heavy atom. The Morgan fingerprint density at radius 1 is 1.09 bits per heavy atom. The number of para-hydroxylation sites is 1. The Balaban J connectivity index is 0.00000116. The highest BCUT2D eigenvalue weighted by Crippen LogP contribution is 2.23. The molecule has 0 aliphatic carbocycles. The summed E-state index contributed by atoms with van der Waals surface area (Å²) in [4.78, 5) is 11.5. The lowest BCUT2D eigenvalue weighted by Crippen LogP contribution is -2.43. The molecule has 4 nitrogen and oxygen atoms in total. The van der Waals surface area contributed by atoms with Crippen molar-refractivity contribution in [2.75, 3.05) is 7.11 Å². The number of halogens is 1. The molecule has 0 spiro atoms. The van der Waals surface area contributed by atoms with E-state index < -0.39 is 11.6 Å². The number of hydrogen-bond donors (Lipinski definition) is 2. The lowest BCUT2D eigenvalue weighted by Gasteiger charge is -2.26. The van der Waals surface area contributed by atoms with Crippen molar-refractivity contribution in [2.45, 2.75) is 18.9 Å². The summed E-state index contributed by atoms with van der Waals surface area (Å²) in [5, 5.41) is 17.1. The van der Waals surface area contributed by atoms with Crippen molar-refractivity contribution in [3.63, 3.8) is 0 Å². The highest BCUT2D eigenvalue weighted by molar-refractivity contribution is 6.30. The number of aliphatic hydroxyl groups is 1. The molecule has 0 aliphatic rings. The van der Waals surface area contributed by atoms with Gasteiger partial charge in [-0.15, -0.1) is 0 Å². The first-order chi connectivity index (χ1) is 10.5. The summed E-state index contributed by atoms with van der Waals surface area (Å²) in [6, 6.07) is 16.0. The van der Waals surface area contributed by atoms with Gasteiger partial charge in [0.25, 0.3) is 0 Å². The largest absolute Gasteiger partial charge is 0.478 e. The lowest BCUT2D eigenvalue weighted by molar-refractivity contribution is -0.153. The summed E-state index contributed by atoms with van der Waals surface area (Å²) in [6.45, 7) is 1.57. The first-order valence-corrected chi connectivity index (χ1v) is 7.04. The Bertz CT molecular complexity index is 583. The zero-order chi connectivity index (χ0) is 16.6. The third-order valence-corrected chi connectivity index (χ3v) is 3.25. The molecule has 1 atom stereocenters. The van der Waals surface area contributed by atoms with E-state index in [1.54, 1.807) is 55.5 Å². The van der Waals surface area contributed by atoms with E-state index in [0.717, 1.165) is 12.7 Å². The summed E-state index contributed by atoms with van der Waals surface area (Å²) in [6.07, 6.45) is 0.258. The van der Waals surface area contributed by atoms with Crippen LogP contribution in [0.15, 0.2) is 54.6 Å². The zero-order valence-corrected chi connectivity index (χ0v) is 13.2. The maximum Gasteiger partial charge on any atom is 0.348 e. The topological polar surface area (TPSA) is 66.8 Å². The molecule has 0 saturated carbocycles. The molecule has 0 heterocycles. The standard InChI is InChI=1S/C16H15ClO3.CH4O/c1-16(15(18)19,20-14-5-3-2-4-6-14)11-12-7-9-13(17)10-8-12;1-2/h2-10H,11H2,1H3,(H,18,19);2H,1H3. The second-order valence-corrected chi connectivity index (χ2v) is 5.19. The summed E-state index contributed by atoms with van der Waals surface area (Å²) >= 11 is 5.83. The number of carbonyl (C=O) groups is 1. The van der Waals surface area contributed by atoms with Gasteiger partial charge < -0.3 is 14.9 Å². The molecule has 22 heavy (non-hydrogen) atoms. The van der Waals surface area contributed by atoms with Crippen LogP contribution < -0.4 is 4.74 Å². The van der Waals surface area contributed by atoms with Crippen molar-refractivity contribution < 1.29 is 19.7 Å². The van der Waals surface area contributed by atoms with Crippen LogP contribution in [-0.4, -0.2) is 28.9 Å². The van der Waals surface area contributed by atoms with Crippen LogP contribution in [0.25, 0.3) is 0 Å². The van der Waals surface area contributed by atoms with Crippen LogP contribution in [0.5, 0.6) is 5.75 Å². The van der Waals surface area contributed by atoms with Gasteiger partial charge in [-0.2, -0.15) is 0 Å². The van der Waals surface area contributed by atoms with E-state index in [1.165, 1.54) is 0 Å². The van der Waals surface area contributed by atoms with Gasteiger partial charge in [0.1, 0.15) is 5.75 Å². The van der Waals surface area contributed by atoms with Crippen LogP contribution >= 0.6 is 11.6 Å². The molecule has 0 aliphatic heterocycles. The molecule has 0 aromatic heterocycles. The van der Waals surface area contributed by atoms with Crippen LogP contribution in [0.4, 0.5) is 0 Å². The van der Waals surface area contributed by atoms with Crippen molar-refractivity contribution in [3.05, 3.63) is 65.2 Å². The van der Waals surface area contributed by atoms with Gasteiger partial charge in [-0.25, -0.2) is 4.79 Å². The summed E-state index contributed by atoms with van der Waals surface area (Å²) in [5.74, 6) is -0.470. The smallest absolute Gasteiger partial charge is 0.348 e. The second kappa shape index (κ2) is 8.41. The van der Waals surface area contributed by atoms with Crippen molar-refractivity contribution in [3.8, 4) is 5.75 Å². The van der Waals surface area contributed by atoms with Gasteiger partial charge >= 0.3 is 5.97 Å². The minimum Gasteiger partial charge on any atom is -0.478 e. The van der Waals surface area contributed by atoms with Crippen LogP contribution in [0.1, 0.15) is 12.5 Å². The van der Waals surface area contributed by atoms with Gasteiger partial charge in [-0.3, -0.25) is 0 Å². The number of aliphatic carboxylic acids is 1. The molecule has 2 N–H and O–H groups in total. The number of carboxylic acid groups (broad SMARTS) is 1. The molecule has 0 saturated heterocycles. The minimum atomic E-state index is -1.32. The molecule has 2 rings (SSSR count). The number of rotatable bonds is 5. The number of aliphatic hydroxyl groups excluding tert-OH is 1. The molecule has 0 fully saturated rings. The van der Waals surface area contributed by atoms with E-state index in [1.807, 2.05) is 6.07 Å². The van der Waals surface area contributed by atoms with Crippen molar-refractivity contribution in [1.29, 1.82) is 0 Å². The lowest BCUT2D eigenvalue weighted by atomic mass is 9.96. The van der Waals surface area contributed by atoms with Gasteiger partial charge in [0.2, 0.25) is 5.60 Å². The number of benzene rings is 2. The number of carboxylic acids is 1. The summed E-state index contributed by atoms with van der Waals surface area (Å²) in [5.41, 5.74) is -0.468. The van der Waals surface area contributed by atoms with Crippen molar-refractivity contribution >= 4 is 17.6 Å². The van der Waals surface area contributed by atoms with Crippen LogP contribution in [0.3, 0.4) is 0 Å². The highest BCUT2D eigenvalue weighted by Gasteiger charge is 2.35. The first-order valence-electron chi connectivity index (χ1n) is 6.66. The fourth-order valence-corrected chi connectivity index (χ4v) is 2.02. The van der Waals surface area contributed by atoms with Crippen LogP contribution in [-0.2, 0) is 11.2 Å². The zero-order valence-electron chi connectivity index (χ0n) is 12.5. The Hall–Kier alpha value is -2.04. The molecule has 0 amide bonds. The van der Waals surface area contributed by atoms with E-state index in [9.17, 15) is 9.90 Å². The normalized spacial score (nSPS) is 12.5. The molecule has 0 bridgehead atoms. The average molecular weight is 323 g/mol. The van der Waals surface area contributed by atoms with E-state index in [-0.39, 0.29) is 6.42 Å². The molecular formula is C17H19ClO4. The molecule has 5 heteroatoms. The SMILES string of the molecule is CC(Cc1ccc(Cl)cc1)(Oc1ccccc1)C(=O)O.CO. The number of hydrogen-bond acceptors (Lipinski definition) is 3. The first kappa shape index (κ1) is 18.0. The van der Waals surface area contributed by atoms with E-state index in [4.69, 9.17) is 21.4 Å². The summed E-state index contributed by atoms with van der Waals surface area (Å²) in [7, 11) is 1.00. The highest BCUT2D eigenvalue weighted by atomic mass is 35.5. The van der Waals surface area contributed by atoms with E-state index in [2.05, 4.69) is 0 Å². The van der Waals surface area contributed by atoms with Crippen molar-refractivity contribution in [2.24, 2.45) is 0 Å². The molecule has 1 unspecified atom stereocenters. The maximum atomic E-state index is 11.5. The number of ether oxygens (including phenoxy) is 1. The monoisotopic (exact) mass is 322 g/mol. The van der Waals surface area contributed by atoms with Crippen molar-refractivity contribution in [1.82, 2.24) is 0 Å². The fourth-order valence-electron chi connectivity index (χ4n) is 1.90. The van der Waals surface area contributed by atoms with E-state index >= 15 is 0 Å².